The summed E-state index contributed by atoms with van der Waals surface area (Å²) in [6.45, 7) is 5.66. The maximum Gasteiger partial charge on any atom is 0.263 e. The first-order valence-corrected chi connectivity index (χ1v) is 7.80. The van der Waals surface area contributed by atoms with Gasteiger partial charge in [-0.15, -0.1) is 0 Å². The zero-order valence-corrected chi connectivity index (χ0v) is 13.8. The molecule has 0 saturated carbocycles. The Hall–Kier alpha value is -2.34. The van der Waals surface area contributed by atoms with Gasteiger partial charge in [0.25, 0.3) is 5.91 Å². The summed E-state index contributed by atoms with van der Waals surface area (Å²) in [4.78, 5) is 12.2. The van der Waals surface area contributed by atoms with Gasteiger partial charge in [-0.1, -0.05) is 12.1 Å². The van der Waals surface area contributed by atoms with Gasteiger partial charge < -0.3 is 15.4 Å². The average molecular weight is 314 g/mol. The van der Waals surface area contributed by atoms with Crippen molar-refractivity contribution in [3.63, 3.8) is 0 Å². The second-order valence-corrected chi connectivity index (χ2v) is 5.86. The van der Waals surface area contributed by atoms with Crippen LogP contribution in [0.5, 0.6) is 5.75 Å². The zero-order chi connectivity index (χ0) is 16.4. The number of amides is 1. The fraction of sp³-hybridized carbons (Fsp3) is 0.412. The number of fused-ring (bicyclic) bond motifs is 1. The normalized spacial score (nSPS) is 13.5. The van der Waals surface area contributed by atoms with Crippen molar-refractivity contribution in [1.82, 2.24) is 15.1 Å². The second-order valence-electron chi connectivity index (χ2n) is 5.86. The third-order valence-electron chi connectivity index (χ3n) is 4.24. The Bertz CT molecular complexity index is 736. The van der Waals surface area contributed by atoms with Crippen LogP contribution in [0.3, 0.4) is 0 Å². The minimum atomic E-state index is -0.178. The molecule has 2 heterocycles. The quantitative estimate of drug-likeness (QED) is 0.901. The van der Waals surface area contributed by atoms with Crippen LogP contribution in [0.25, 0.3) is 0 Å². The van der Waals surface area contributed by atoms with E-state index in [0.717, 1.165) is 53.5 Å². The Morgan fingerprint density at radius 1 is 1.43 bits per heavy atom. The number of hydrogen-bond donors (Lipinski definition) is 2. The predicted octanol–water partition coefficient (Wildman–Crippen LogP) is 1.70. The monoisotopic (exact) mass is 314 g/mol. The number of benzene rings is 1. The van der Waals surface area contributed by atoms with Gasteiger partial charge in [0.1, 0.15) is 11.6 Å². The first-order chi connectivity index (χ1) is 11.1. The molecule has 6 nitrogen and oxygen atoms in total. The molecule has 1 aliphatic rings. The molecule has 1 aromatic heterocycles. The molecule has 0 radical (unpaired) electrons. The molecule has 3 rings (SSSR count). The first-order valence-electron chi connectivity index (χ1n) is 7.80. The minimum absolute atomic E-state index is 0.0162. The molecule has 0 spiro atoms. The van der Waals surface area contributed by atoms with E-state index in [9.17, 15) is 4.79 Å². The van der Waals surface area contributed by atoms with Crippen molar-refractivity contribution >= 4 is 11.7 Å². The highest BCUT2D eigenvalue weighted by atomic mass is 16.5. The summed E-state index contributed by atoms with van der Waals surface area (Å²) in [7, 11) is 1.85. The van der Waals surface area contributed by atoms with E-state index in [2.05, 4.69) is 15.7 Å². The van der Waals surface area contributed by atoms with E-state index < -0.39 is 0 Å². The SMILES string of the molecule is Cc1cccc(OCC(=O)Nc2c3c(nn2C)CCNC3)c1C. The largest absolute Gasteiger partial charge is 0.483 e. The van der Waals surface area contributed by atoms with Crippen molar-refractivity contribution in [2.24, 2.45) is 7.05 Å². The van der Waals surface area contributed by atoms with Gasteiger partial charge in [0, 0.05) is 32.1 Å². The van der Waals surface area contributed by atoms with Crippen molar-refractivity contribution in [2.45, 2.75) is 26.8 Å². The molecule has 0 saturated heterocycles. The summed E-state index contributed by atoms with van der Waals surface area (Å²) in [6, 6.07) is 5.83. The molecule has 1 amide bonds. The molecule has 2 N–H and O–H groups in total. The lowest BCUT2D eigenvalue weighted by Gasteiger charge is -2.14. The van der Waals surface area contributed by atoms with Crippen LogP contribution in [-0.4, -0.2) is 28.8 Å². The fourth-order valence-corrected chi connectivity index (χ4v) is 2.78. The van der Waals surface area contributed by atoms with Crippen molar-refractivity contribution < 1.29 is 9.53 Å². The third kappa shape index (κ3) is 3.22. The van der Waals surface area contributed by atoms with Crippen molar-refractivity contribution in [3.05, 3.63) is 40.6 Å². The molecule has 0 unspecified atom stereocenters. The Morgan fingerprint density at radius 2 is 2.26 bits per heavy atom. The maximum absolute atomic E-state index is 12.2. The fourth-order valence-electron chi connectivity index (χ4n) is 2.78. The van der Waals surface area contributed by atoms with Crippen LogP contribution in [0.2, 0.25) is 0 Å². The molecule has 0 fully saturated rings. The molecule has 1 aromatic carbocycles. The number of ether oxygens (including phenoxy) is 1. The summed E-state index contributed by atoms with van der Waals surface area (Å²) < 4.78 is 7.38. The van der Waals surface area contributed by atoms with Crippen LogP contribution in [0, 0.1) is 13.8 Å². The minimum Gasteiger partial charge on any atom is -0.483 e. The number of rotatable bonds is 4. The Kier molecular flexibility index (Phi) is 4.34. The van der Waals surface area contributed by atoms with Gasteiger partial charge >= 0.3 is 0 Å². The van der Waals surface area contributed by atoms with Crippen molar-refractivity contribution in [1.29, 1.82) is 0 Å². The van der Waals surface area contributed by atoms with E-state index in [1.54, 1.807) is 4.68 Å². The van der Waals surface area contributed by atoms with Gasteiger partial charge in [-0.2, -0.15) is 5.10 Å². The van der Waals surface area contributed by atoms with Gasteiger partial charge in [-0.05, 0) is 31.0 Å². The number of anilines is 1. The van der Waals surface area contributed by atoms with Gasteiger partial charge in [-0.3, -0.25) is 9.48 Å². The first kappa shape index (κ1) is 15.6. The number of carbonyl (C=O) groups is 1. The lowest BCUT2D eigenvalue weighted by Crippen LogP contribution is -2.26. The third-order valence-corrected chi connectivity index (χ3v) is 4.24. The summed E-state index contributed by atoms with van der Waals surface area (Å²) in [5, 5.41) is 10.7. The molecule has 0 aliphatic carbocycles. The van der Waals surface area contributed by atoms with Crippen molar-refractivity contribution in [2.75, 3.05) is 18.5 Å². The smallest absolute Gasteiger partial charge is 0.263 e. The number of hydrogen-bond acceptors (Lipinski definition) is 4. The summed E-state index contributed by atoms with van der Waals surface area (Å²) >= 11 is 0. The van der Waals surface area contributed by atoms with Crippen LogP contribution < -0.4 is 15.4 Å². The molecular weight excluding hydrogens is 292 g/mol. The standard InChI is InChI=1S/C17H22N4O2/c1-11-5-4-6-15(12(11)2)23-10-16(22)19-17-13-9-18-8-7-14(13)20-21(17)3/h4-6,18H,7-10H2,1-3H3,(H,19,22). The molecule has 1 aliphatic heterocycles. The second kappa shape index (κ2) is 6.42. The van der Waals surface area contributed by atoms with Crippen molar-refractivity contribution in [3.8, 4) is 5.75 Å². The molecule has 122 valence electrons. The average Bonchev–Trinajstić information content (AvgIpc) is 2.85. The predicted molar refractivity (Wildman–Crippen MR) is 88.7 cm³/mol. The molecule has 2 aromatic rings. The highest BCUT2D eigenvalue weighted by Gasteiger charge is 2.20. The van der Waals surface area contributed by atoms with Gasteiger partial charge in [0.15, 0.2) is 6.61 Å². The Labute approximate surface area is 135 Å². The topological polar surface area (TPSA) is 68.2 Å². The molecule has 0 atom stereocenters. The number of nitrogens with one attached hydrogen (secondary N) is 2. The van der Waals surface area contributed by atoms with E-state index in [-0.39, 0.29) is 12.5 Å². The van der Waals surface area contributed by atoms with Gasteiger partial charge in [-0.25, -0.2) is 0 Å². The summed E-state index contributed by atoms with van der Waals surface area (Å²) in [6.07, 6.45) is 0.887. The highest BCUT2D eigenvalue weighted by Crippen LogP contribution is 2.23. The lowest BCUT2D eigenvalue weighted by atomic mass is 10.1. The van der Waals surface area contributed by atoms with E-state index in [1.807, 2.05) is 39.1 Å². The zero-order valence-electron chi connectivity index (χ0n) is 13.8. The van der Waals surface area contributed by atoms with E-state index in [4.69, 9.17) is 4.74 Å². The van der Waals surface area contributed by atoms with Crippen LogP contribution in [-0.2, 0) is 24.8 Å². The van der Waals surface area contributed by atoms with Gasteiger partial charge in [0.2, 0.25) is 0 Å². The number of aryl methyl sites for hydroxylation is 2. The maximum atomic E-state index is 12.2. The van der Waals surface area contributed by atoms with Crippen LogP contribution in [0.4, 0.5) is 5.82 Å². The summed E-state index contributed by atoms with van der Waals surface area (Å²) in [5.41, 5.74) is 4.33. The van der Waals surface area contributed by atoms with Crippen LogP contribution in [0.1, 0.15) is 22.4 Å². The number of carbonyl (C=O) groups excluding carboxylic acids is 1. The molecule has 0 bridgehead atoms. The van der Waals surface area contributed by atoms with E-state index in [1.165, 1.54) is 0 Å². The Morgan fingerprint density at radius 3 is 3.09 bits per heavy atom. The van der Waals surface area contributed by atoms with Crippen LogP contribution >= 0.6 is 0 Å². The van der Waals surface area contributed by atoms with Crippen LogP contribution in [0.15, 0.2) is 18.2 Å². The number of aromatic nitrogens is 2. The van der Waals surface area contributed by atoms with E-state index in [0.29, 0.717) is 0 Å². The molecular formula is C17H22N4O2. The van der Waals surface area contributed by atoms with E-state index >= 15 is 0 Å². The number of nitrogens with zero attached hydrogens (tertiary/aromatic N) is 2. The summed E-state index contributed by atoms with van der Waals surface area (Å²) in [5.74, 6) is 1.32. The molecule has 6 heteroatoms. The highest BCUT2D eigenvalue weighted by molar-refractivity contribution is 5.92. The van der Waals surface area contributed by atoms with Gasteiger partial charge in [0.05, 0.1) is 5.69 Å². The lowest BCUT2D eigenvalue weighted by molar-refractivity contribution is -0.118. The molecule has 23 heavy (non-hydrogen) atoms. The Balaban J connectivity index is 1.66.